The van der Waals surface area contributed by atoms with E-state index in [1.807, 2.05) is 25.1 Å². The van der Waals surface area contributed by atoms with Crippen molar-refractivity contribution in [3.05, 3.63) is 48.7 Å². The Bertz CT molecular complexity index is 1800. The van der Waals surface area contributed by atoms with Crippen molar-refractivity contribution in [3.63, 3.8) is 0 Å². The van der Waals surface area contributed by atoms with E-state index in [4.69, 9.17) is 0 Å². The third kappa shape index (κ3) is 16.4. The van der Waals surface area contributed by atoms with E-state index in [1.165, 1.54) is 38.0 Å². The Labute approximate surface area is 375 Å². The molecule has 3 atom stereocenters. The van der Waals surface area contributed by atoms with Gasteiger partial charge in [0.25, 0.3) is 0 Å². The first-order valence-corrected chi connectivity index (χ1v) is 19.0. The van der Waals surface area contributed by atoms with Gasteiger partial charge in [-0.15, -0.1) is 0 Å². The second kappa shape index (κ2) is 25.6. The molecule has 0 fully saturated rings. The molecule has 0 spiro atoms. The van der Waals surface area contributed by atoms with Crippen molar-refractivity contribution in [3.8, 4) is 0 Å². The number of hydrogen-bond acceptors (Lipinski definition) is 12. The summed E-state index contributed by atoms with van der Waals surface area (Å²) in [6, 6.07) is 4.63. The Morgan fingerprint density at radius 1 is 0.828 bits per heavy atom. The summed E-state index contributed by atoms with van der Waals surface area (Å²) in [5.74, 6) is -2.67. The number of carbonyl (C=O) groups is 6. The molecule has 2 heterocycles. The molecule has 3 unspecified atom stereocenters. The minimum absolute atomic E-state index is 0. The van der Waals surface area contributed by atoms with E-state index in [0.29, 0.717) is 10.7 Å². The second-order valence-corrected chi connectivity index (χ2v) is 14.7. The van der Waals surface area contributed by atoms with E-state index < -0.39 is 60.4 Å². The predicted octanol–water partition coefficient (Wildman–Crippen LogP) is 1.29. The van der Waals surface area contributed by atoms with Gasteiger partial charge in [-0.05, 0) is 66.8 Å². The maximum Gasteiger partial charge on any atom is 0.350 e. The number of fused-ring (bicyclic) bond motifs is 2. The summed E-state index contributed by atoms with van der Waals surface area (Å²) in [5, 5.41) is 11.8. The third-order valence-electron chi connectivity index (χ3n) is 8.76. The summed E-state index contributed by atoms with van der Waals surface area (Å²) in [6.07, 6.45) is 1.54. The molecule has 0 saturated heterocycles. The average molecular weight is 1170 g/mol. The van der Waals surface area contributed by atoms with Crippen molar-refractivity contribution in [1.29, 1.82) is 0 Å². The zero-order chi connectivity index (χ0) is 41.0. The van der Waals surface area contributed by atoms with Crippen LogP contribution >= 0.6 is 11.8 Å². The van der Waals surface area contributed by atoms with Gasteiger partial charge >= 0.3 is 5.69 Å². The van der Waals surface area contributed by atoms with E-state index in [1.54, 1.807) is 27.1 Å². The quantitative estimate of drug-likeness (QED) is 0.119. The van der Waals surface area contributed by atoms with Gasteiger partial charge in [0.15, 0.2) is 5.82 Å². The maximum absolute atomic E-state index is 13.9. The van der Waals surface area contributed by atoms with Gasteiger partial charge in [-0.1, -0.05) is 19.2 Å². The van der Waals surface area contributed by atoms with E-state index in [0.717, 1.165) is 29.4 Å². The summed E-state index contributed by atoms with van der Waals surface area (Å²) in [7, 11) is 1.73. The first-order valence-electron chi connectivity index (χ1n) is 18.1. The van der Waals surface area contributed by atoms with Gasteiger partial charge in [-0.25, -0.2) is 4.79 Å². The number of likely N-dealkylation sites (N-methyl/N-ethyl adjacent to an activating group) is 1. The van der Waals surface area contributed by atoms with Gasteiger partial charge in [0.2, 0.25) is 17.7 Å². The Kier molecular flexibility index (Phi) is 23.9. The molecule has 4 N–H and O–H groups in total. The van der Waals surface area contributed by atoms with Gasteiger partial charge in [-0.3, -0.25) is 23.7 Å². The fraction of sp³-hybridized carbons (Fsp3) is 0.526. The largest absolute Gasteiger partial charge is 0.372 e. The first-order chi connectivity index (χ1) is 25.9. The van der Waals surface area contributed by atoms with Crippen LogP contribution < -0.4 is 31.9 Å². The zero-order valence-electron chi connectivity index (χ0n) is 33.6. The first kappa shape index (κ1) is 54.1. The average Bonchev–Trinajstić information content (AvgIpc) is 3.10. The number of benzene rings is 1. The number of aromatic nitrogens is 2. The van der Waals surface area contributed by atoms with Crippen LogP contribution in [0.5, 0.6) is 0 Å². The molecule has 0 radical (unpaired) electrons. The number of ketones is 1. The van der Waals surface area contributed by atoms with Gasteiger partial charge in [0, 0.05) is 110 Å². The smallest absolute Gasteiger partial charge is 0.350 e. The normalized spacial score (nSPS) is 12.5. The van der Waals surface area contributed by atoms with Gasteiger partial charge in [-0.2, -0.15) is 4.98 Å². The van der Waals surface area contributed by atoms with E-state index in [-0.39, 0.29) is 94.1 Å². The molecule has 58 heavy (non-hydrogen) atoms. The maximum atomic E-state index is 13.9. The van der Waals surface area contributed by atoms with Crippen molar-refractivity contribution < 1.29 is 70.9 Å². The van der Waals surface area contributed by atoms with Crippen LogP contribution in [0.3, 0.4) is 0 Å². The fourth-order valence-corrected chi connectivity index (χ4v) is 6.89. The molecule has 20 heteroatoms. The van der Waals surface area contributed by atoms with E-state index >= 15 is 0 Å². The summed E-state index contributed by atoms with van der Waals surface area (Å²) >= 11 is 1.40. The number of Topliss-reactive ketones (excluding diaryl/α,β-unsaturated/α-hetero) is 1. The summed E-state index contributed by atoms with van der Waals surface area (Å²) in [4.78, 5) is 101. The number of hydrogen-bond donors (Lipinski definition) is 4. The predicted molar refractivity (Wildman–Crippen MR) is 218 cm³/mol. The van der Waals surface area contributed by atoms with E-state index in [9.17, 15) is 33.6 Å². The zero-order valence-corrected chi connectivity index (χ0v) is 40.3. The third-order valence-corrected chi connectivity index (χ3v) is 9.86. The van der Waals surface area contributed by atoms with Crippen molar-refractivity contribution in [2.45, 2.75) is 83.4 Å². The van der Waals surface area contributed by atoms with E-state index in [2.05, 4.69) is 58.8 Å². The molecular weight excluding hydrogens is 1110 g/mol. The number of nitrogens with zero attached hydrogens (tertiary/aromatic N) is 6. The van der Waals surface area contributed by atoms with Gasteiger partial charge in [0.05, 0.1) is 42.0 Å². The standard InChI is InChI=1S/C37H54N10O7S.CH4.2W/c1-10-43(11-2)29-12-13-31-30(14-29)41-36-32(55-31)19-47(37(54)42-36)22-35(53)46(21-34(52)39-24(4)16-44(27(7)49)18-26(6)48)17-25(5)40-33(51)20-45(28(8)50)15-23(3)38-9;;;/h12-14,19,23-25,38H,7-8,10-11,15-18,20-22H2,1-6,9H3,(H,39,52)(H,40,51)(H,41,42,54);1H4;;/q-2;;;. The van der Waals surface area contributed by atoms with Crippen LogP contribution in [-0.2, 0) is 77.4 Å². The summed E-state index contributed by atoms with van der Waals surface area (Å²) in [5.41, 5.74) is 1.16. The SMILES string of the molecule is C.[CH2-]C(=O)N(CC(=O)NC(C)CN(CC(=O)NC(C)CN(CC(C)=O)C([CH2-])=O)C(=O)Cn1cc2c(nc1=O)Nc1cc(N(CC)CC)ccc1S2)CC(C)NC.[W].[W]. The number of rotatable bonds is 20. The molecule has 322 valence electrons. The molecule has 1 aromatic heterocycles. The summed E-state index contributed by atoms with van der Waals surface area (Å²) in [6.45, 7) is 17.9. The van der Waals surface area contributed by atoms with Gasteiger partial charge < -0.3 is 64.3 Å². The molecule has 1 aromatic carbocycles. The molecule has 2 aromatic rings. The minimum atomic E-state index is -0.684. The van der Waals surface area contributed by atoms with Crippen LogP contribution in [0.25, 0.3) is 0 Å². The Morgan fingerprint density at radius 2 is 1.34 bits per heavy atom. The molecule has 3 rings (SSSR count). The monoisotopic (exact) mass is 1170 g/mol. The van der Waals surface area contributed by atoms with Crippen LogP contribution in [0.2, 0.25) is 0 Å². The minimum Gasteiger partial charge on any atom is -0.372 e. The van der Waals surface area contributed by atoms with Gasteiger partial charge in [0.1, 0.15) is 12.3 Å². The van der Waals surface area contributed by atoms with Crippen LogP contribution in [0.15, 0.2) is 39.0 Å². The number of carbonyl (C=O) groups excluding carboxylic acids is 6. The van der Waals surface area contributed by atoms with Crippen LogP contribution in [0.4, 0.5) is 17.2 Å². The number of amides is 5. The second-order valence-electron chi connectivity index (χ2n) is 13.6. The van der Waals surface area contributed by atoms with Crippen LogP contribution in [-0.4, -0.2) is 137 Å². The summed E-state index contributed by atoms with van der Waals surface area (Å²) < 4.78 is 1.17. The van der Waals surface area contributed by atoms with Crippen molar-refractivity contribution in [1.82, 2.24) is 40.2 Å². The topological polar surface area (TPSA) is 198 Å². The molecule has 0 aliphatic carbocycles. The number of anilines is 3. The molecule has 1 aliphatic heterocycles. The van der Waals surface area contributed by atoms with Crippen LogP contribution in [0.1, 0.15) is 49.0 Å². The molecule has 5 amide bonds. The number of nitrogens with one attached hydrogen (secondary N) is 4. The van der Waals surface area contributed by atoms with Crippen LogP contribution in [0, 0.1) is 13.8 Å². The molecule has 0 bridgehead atoms. The molecular formula is C38H58N10O7SW2-2. The fourth-order valence-electron chi connectivity index (χ4n) is 5.93. The Balaban J connectivity index is 0.0000108. The molecule has 1 aliphatic rings. The van der Waals surface area contributed by atoms with Crippen molar-refractivity contribution in [2.24, 2.45) is 0 Å². The molecule has 0 saturated carbocycles. The molecule has 17 nitrogen and oxygen atoms in total. The Hall–Kier alpha value is -3.85. The Morgan fingerprint density at radius 3 is 1.86 bits per heavy atom. The van der Waals surface area contributed by atoms with Crippen molar-refractivity contribution in [2.75, 3.05) is 69.6 Å². The van der Waals surface area contributed by atoms with Crippen molar-refractivity contribution >= 4 is 64.3 Å².